The molecule has 0 saturated carbocycles. The molecule has 2 aromatic carbocycles. The van der Waals surface area contributed by atoms with Crippen LogP contribution in [0, 0.1) is 0 Å². The molecule has 0 saturated heterocycles. The van der Waals surface area contributed by atoms with Crippen molar-refractivity contribution in [2.45, 2.75) is 19.4 Å². The summed E-state index contributed by atoms with van der Waals surface area (Å²) >= 11 is 0. The van der Waals surface area contributed by atoms with E-state index in [9.17, 15) is 4.79 Å². The number of aromatic nitrogens is 2. The number of nitrogens with one attached hydrogen (secondary N) is 1. The molecule has 4 N–H and O–H groups in total. The highest BCUT2D eigenvalue weighted by molar-refractivity contribution is 6.02. The van der Waals surface area contributed by atoms with Gasteiger partial charge in [-0.3, -0.25) is 5.10 Å². The zero-order valence-corrected chi connectivity index (χ0v) is 12.4. The highest BCUT2D eigenvalue weighted by Crippen LogP contribution is 2.27. The predicted molar refractivity (Wildman–Crippen MR) is 85.7 cm³/mol. The maximum absolute atomic E-state index is 11.2. The maximum atomic E-state index is 11.2. The van der Waals surface area contributed by atoms with Gasteiger partial charge in [0.25, 0.3) is 0 Å². The molecule has 3 aromatic rings. The Kier molecular flexibility index (Phi) is 3.22. The number of benzene rings is 2. The van der Waals surface area contributed by atoms with E-state index in [-0.39, 0.29) is 11.2 Å². The van der Waals surface area contributed by atoms with Gasteiger partial charge in [-0.1, -0.05) is 30.3 Å². The molecule has 0 radical (unpaired) electrons. The van der Waals surface area contributed by atoms with E-state index < -0.39 is 5.97 Å². The van der Waals surface area contributed by atoms with E-state index in [0.717, 1.165) is 16.7 Å². The lowest BCUT2D eigenvalue weighted by Gasteiger charge is -2.19. The molecular weight excluding hydrogens is 278 g/mol. The fourth-order valence-electron chi connectivity index (χ4n) is 2.45. The van der Waals surface area contributed by atoms with Crippen LogP contribution < -0.4 is 5.73 Å². The topological polar surface area (TPSA) is 92.0 Å². The number of carbonyl (C=O) groups is 1. The summed E-state index contributed by atoms with van der Waals surface area (Å²) in [5.41, 5.74) is 9.44. The Morgan fingerprint density at radius 3 is 2.36 bits per heavy atom. The van der Waals surface area contributed by atoms with Crippen LogP contribution in [0.2, 0.25) is 0 Å². The predicted octanol–water partition coefficient (Wildman–Crippen LogP) is 3.12. The Morgan fingerprint density at radius 1 is 1.14 bits per heavy atom. The van der Waals surface area contributed by atoms with Gasteiger partial charge in [0.15, 0.2) is 5.69 Å². The lowest BCUT2D eigenvalue weighted by Crippen LogP contribution is -2.28. The molecule has 0 aliphatic carbocycles. The van der Waals surface area contributed by atoms with Crippen molar-refractivity contribution in [3.8, 4) is 11.1 Å². The maximum Gasteiger partial charge on any atom is 0.357 e. The first kappa shape index (κ1) is 14.3. The highest BCUT2D eigenvalue weighted by atomic mass is 16.4. The van der Waals surface area contributed by atoms with Gasteiger partial charge in [-0.2, -0.15) is 5.10 Å². The molecule has 3 rings (SSSR count). The number of aromatic carboxylic acids is 1. The fourth-order valence-corrected chi connectivity index (χ4v) is 2.45. The van der Waals surface area contributed by atoms with Gasteiger partial charge in [-0.25, -0.2) is 4.79 Å². The van der Waals surface area contributed by atoms with Crippen molar-refractivity contribution in [2.75, 3.05) is 0 Å². The van der Waals surface area contributed by atoms with E-state index in [2.05, 4.69) is 10.2 Å². The molecule has 1 aromatic heterocycles. The van der Waals surface area contributed by atoms with E-state index in [0.29, 0.717) is 10.9 Å². The zero-order chi connectivity index (χ0) is 15.9. The smallest absolute Gasteiger partial charge is 0.357 e. The lowest BCUT2D eigenvalue weighted by molar-refractivity contribution is 0.0692. The summed E-state index contributed by atoms with van der Waals surface area (Å²) in [6, 6.07) is 13.6. The van der Waals surface area contributed by atoms with Crippen LogP contribution in [-0.4, -0.2) is 21.3 Å². The third-order valence-electron chi connectivity index (χ3n) is 3.73. The molecular formula is C17H17N3O2. The van der Waals surface area contributed by atoms with Gasteiger partial charge >= 0.3 is 5.97 Å². The van der Waals surface area contributed by atoms with Crippen LogP contribution in [0.25, 0.3) is 22.0 Å². The van der Waals surface area contributed by atoms with Crippen LogP contribution >= 0.6 is 0 Å². The van der Waals surface area contributed by atoms with Crippen molar-refractivity contribution in [2.24, 2.45) is 5.73 Å². The lowest BCUT2D eigenvalue weighted by atomic mass is 9.93. The van der Waals surface area contributed by atoms with Gasteiger partial charge in [-0.15, -0.1) is 0 Å². The number of carboxylic acid groups (broad SMARTS) is 1. The standard InChI is InChI=1S/C17H17N3O2/c1-17(2,18)12-6-3-10(4-7-12)11-5-8-14-13(9-11)15(16(21)22)20-19-14/h3-9H,18H2,1-2H3,(H,19,20)(H,21,22). The van der Waals surface area contributed by atoms with Gasteiger partial charge in [0.1, 0.15) is 0 Å². The van der Waals surface area contributed by atoms with E-state index in [1.165, 1.54) is 0 Å². The number of H-pyrrole nitrogens is 1. The SMILES string of the molecule is CC(C)(N)c1ccc(-c2ccc3[nH]nc(C(=O)O)c3c2)cc1. The van der Waals surface area contributed by atoms with Gasteiger partial charge in [0.2, 0.25) is 0 Å². The van der Waals surface area contributed by atoms with Crippen molar-refractivity contribution in [3.05, 3.63) is 53.7 Å². The van der Waals surface area contributed by atoms with Crippen molar-refractivity contribution in [3.63, 3.8) is 0 Å². The van der Waals surface area contributed by atoms with Crippen molar-refractivity contribution in [1.82, 2.24) is 10.2 Å². The van der Waals surface area contributed by atoms with E-state index in [1.54, 1.807) is 0 Å². The largest absolute Gasteiger partial charge is 0.476 e. The second-order valence-electron chi connectivity index (χ2n) is 5.94. The molecule has 0 aliphatic heterocycles. The Morgan fingerprint density at radius 2 is 1.77 bits per heavy atom. The molecule has 0 unspecified atom stereocenters. The summed E-state index contributed by atoms with van der Waals surface area (Å²) in [5, 5.41) is 16.3. The van der Waals surface area contributed by atoms with E-state index >= 15 is 0 Å². The van der Waals surface area contributed by atoms with Gasteiger partial charge < -0.3 is 10.8 Å². The number of rotatable bonds is 3. The van der Waals surface area contributed by atoms with Crippen molar-refractivity contribution < 1.29 is 9.90 Å². The second-order valence-corrected chi connectivity index (χ2v) is 5.94. The van der Waals surface area contributed by atoms with Crippen LogP contribution in [0.1, 0.15) is 29.9 Å². The summed E-state index contributed by atoms with van der Waals surface area (Å²) < 4.78 is 0. The summed E-state index contributed by atoms with van der Waals surface area (Å²) in [5.74, 6) is -1.04. The quantitative estimate of drug-likeness (QED) is 0.692. The highest BCUT2D eigenvalue weighted by Gasteiger charge is 2.15. The summed E-state index contributed by atoms with van der Waals surface area (Å²) in [7, 11) is 0. The first-order chi connectivity index (χ1) is 10.4. The van der Waals surface area contributed by atoms with Crippen LogP contribution in [0.5, 0.6) is 0 Å². The molecule has 0 spiro atoms. The average Bonchev–Trinajstić information content (AvgIpc) is 2.89. The van der Waals surface area contributed by atoms with Crippen molar-refractivity contribution >= 4 is 16.9 Å². The zero-order valence-electron chi connectivity index (χ0n) is 12.4. The summed E-state index contributed by atoms with van der Waals surface area (Å²) in [4.78, 5) is 11.2. The van der Waals surface area contributed by atoms with Crippen LogP contribution in [-0.2, 0) is 5.54 Å². The Hall–Kier alpha value is -2.66. The first-order valence-electron chi connectivity index (χ1n) is 6.97. The molecule has 0 amide bonds. The number of carboxylic acids is 1. The Balaban J connectivity index is 2.06. The number of fused-ring (bicyclic) bond motifs is 1. The summed E-state index contributed by atoms with van der Waals surface area (Å²) in [6.07, 6.45) is 0. The monoisotopic (exact) mass is 295 g/mol. The Labute approximate surface area is 127 Å². The third-order valence-corrected chi connectivity index (χ3v) is 3.73. The third kappa shape index (κ3) is 2.46. The van der Waals surface area contributed by atoms with Gasteiger partial charge in [-0.05, 0) is 42.7 Å². The minimum Gasteiger partial charge on any atom is -0.476 e. The molecule has 5 heteroatoms. The minimum atomic E-state index is -1.04. The molecule has 0 aliphatic rings. The van der Waals surface area contributed by atoms with Gasteiger partial charge in [0.05, 0.1) is 5.52 Å². The number of nitrogens with two attached hydrogens (primary N) is 1. The molecule has 5 nitrogen and oxygen atoms in total. The Bertz CT molecular complexity index is 842. The number of nitrogens with zero attached hydrogens (tertiary/aromatic N) is 1. The molecule has 0 fully saturated rings. The van der Waals surface area contributed by atoms with Gasteiger partial charge in [0, 0.05) is 10.9 Å². The average molecular weight is 295 g/mol. The van der Waals surface area contributed by atoms with E-state index in [4.69, 9.17) is 10.8 Å². The molecule has 0 atom stereocenters. The molecule has 1 heterocycles. The van der Waals surface area contributed by atoms with Crippen LogP contribution in [0.15, 0.2) is 42.5 Å². The number of hydrogen-bond donors (Lipinski definition) is 3. The molecule has 22 heavy (non-hydrogen) atoms. The first-order valence-corrected chi connectivity index (χ1v) is 6.97. The number of aromatic amines is 1. The van der Waals surface area contributed by atoms with E-state index in [1.807, 2.05) is 56.3 Å². The van der Waals surface area contributed by atoms with Crippen LogP contribution in [0.4, 0.5) is 0 Å². The summed E-state index contributed by atoms with van der Waals surface area (Å²) in [6.45, 7) is 3.91. The normalized spacial score (nSPS) is 11.8. The molecule has 112 valence electrons. The second kappa shape index (κ2) is 4.96. The minimum absolute atomic E-state index is 0.0385. The van der Waals surface area contributed by atoms with Crippen molar-refractivity contribution in [1.29, 1.82) is 0 Å². The fraction of sp³-hybridized carbons (Fsp3) is 0.176. The molecule has 0 bridgehead atoms. The van der Waals surface area contributed by atoms with Crippen LogP contribution in [0.3, 0.4) is 0 Å². The number of hydrogen-bond acceptors (Lipinski definition) is 3.